The first-order valence-electron chi connectivity index (χ1n) is 13.5. The summed E-state index contributed by atoms with van der Waals surface area (Å²) in [5, 5.41) is 32.2. The van der Waals surface area contributed by atoms with Crippen LogP contribution in [0, 0.1) is 22.0 Å². The van der Waals surface area contributed by atoms with Gasteiger partial charge in [0.2, 0.25) is 5.91 Å². The van der Waals surface area contributed by atoms with Crippen molar-refractivity contribution in [1.82, 2.24) is 5.32 Å². The van der Waals surface area contributed by atoms with E-state index in [1.165, 1.54) is 12.8 Å². The largest absolute Gasteiger partial charge is 0.462 e. The van der Waals surface area contributed by atoms with Gasteiger partial charge in [-0.1, -0.05) is 44.8 Å². The van der Waals surface area contributed by atoms with E-state index >= 15 is 0 Å². The SMILES string of the molecule is CCCCCCCC(=O)CC[C@@H]1[C@@H](CC=CCCCC(=O)NCC(=O)OCCO[N+](=O)[O-])[C@@H](O)C[C@H]1O. The molecule has 1 rings (SSSR count). The number of carbonyl (C=O) groups excluding carboxylic acids is 3. The maximum atomic E-state index is 12.2. The molecule has 0 saturated heterocycles. The lowest BCUT2D eigenvalue weighted by Gasteiger charge is -2.22. The lowest BCUT2D eigenvalue weighted by atomic mass is 9.86. The topological polar surface area (TPSA) is 165 Å². The quantitative estimate of drug-likeness (QED) is 0.0667. The predicted molar refractivity (Wildman–Crippen MR) is 136 cm³/mol. The molecule has 0 aromatic rings. The Labute approximate surface area is 219 Å². The number of unbranched alkanes of at least 4 members (excludes halogenated alkanes) is 5. The molecule has 212 valence electrons. The van der Waals surface area contributed by atoms with Crippen LogP contribution in [0.15, 0.2) is 12.2 Å². The summed E-state index contributed by atoms with van der Waals surface area (Å²) in [5.41, 5.74) is 0. The number of allylic oxidation sites excluding steroid dienone is 2. The predicted octanol–water partition coefficient (Wildman–Crippen LogP) is 3.04. The highest BCUT2D eigenvalue weighted by Crippen LogP contribution is 2.38. The van der Waals surface area contributed by atoms with Crippen molar-refractivity contribution in [1.29, 1.82) is 0 Å². The molecule has 1 saturated carbocycles. The van der Waals surface area contributed by atoms with Gasteiger partial charge in [0.15, 0.2) is 0 Å². The Morgan fingerprint density at radius 1 is 0.973 bits per heavy atom. The monoisotopic (exact) mass is 528 g/mol. The maximum Gasteiger partial charge on any atom is 0.325 e. The number of rotatable bonds is 21. The fraction of sp³-hybridized carbons (Fsp3) is 0.808. The number of aliphatic hydroxyl groups excluding tert-OH is 2. The Morgan fingerprint density at radius 2 is 1.70 bits per heavy atom. The molecule has 0 spiro atoms. The average molecular weight is 529 g/mol. The highest BCUT2D eigenvalue weighted by molar-refractivity contribution is 5.81. The number of amides is 1. The van der Waals surface area contributed by atoms with E-state index in [-0.39, 0.29) is 49.7 Å². The van der Waals surface area contributed by atoms with Gasteiger partial charge in [-0.05, 0) is 50.4 Å². The van der Waals surface area contributed by atoms with Crippen molar-refractivity contribution < 1.29 is 39.3 Å². The second kappa shape index (κ2) is 19.6. The number of hydrogen-bond donors (Lipinski definition) is 3. The molecule has 0 bridgehead atoms. The van der Waals surface area contributed by atoms with E-state index in [2.05, 4.69) is 21.8 Å². The van der Waals surface area contributed by atoms with Gasteiger partial charge in [-0.2, -0.15) is 0 Å². The van der Waals surface area contributed by atoms with E-state index in [9.17, 15) is 34.7 Å². The molecule has 11 heteroatoms. The van der Waals surface area contributed by atoms with E-state index < -0.39 is 23.3 Å². The van der Waals surface area contributed by atoms with Gasteiger partial charge in [0, 0.05) is 19.3 Å². The van der Waals surface area contributed by atoms with Crippen molar-refractivity contribution in [3.63, 3.8) is 0 Å². The molecule has 1 aliphatic rings. The summed E-state index contributed by atoms with van der Waals surface area (Å²) in [6.07, 6.45) is 12.2. The summed E-state index contributed by atoms with van der Waals surface area (Å²) < 4.78 is 4.68. The van der Waals surface area contributed by atoms with Crippen LogP contribution in [0.1, 0.15) is 90.4 Å². The summed E-state index contributed by atoms with van der Waals surface area (Å²) >= 11 is 0. The molecule has 0 aromatic carbocycles. The third-order valence-electron chi connectivity index (χ3n) is 6.66. The van der Waals surface area contributed by atoms with Gasteiger partial charge in [-0.25, -0.2) is 0 Å². The molecular formula is C26H44N2O9. The number of aliphatic hydroxyl groups is 2. The van der Waals surface area contributed by atoms with Crippen molar-refractivity contribution in [2.75, 3.05) is 19.8 Å². The molecule has 0 heterocycles. The number of hydrogen-bond acceptors (Lipinski definition) is 9. The van der Waals surface area contributed by atoms with Crippen LogP contribution < -0.4 is 5.32 Å². The number of carbonyl (C=O) groups is 3. The van der Waals surface area contributed by atoms with Crippen LogP contribution in [-0.4, -0.2) is 64.9 Å². The second-order valence-electron chi connectivity index (χ2n) is 9.59. The van der Waals surface area contributed by atoms with Crippen LogP contribution in [0.25, 0.3) is 0 Å². The first-order chi connectivity index (χ1) is 17.7. The average Bonchev–Trinajstić information content (AvgIpc) is 3.12. The zero-order valence-electron chi connectivity index (χ0n) is 22.0. The highest BCUT2D eigenvalue weighted by Gasteiger charge is 2.40. The molecule has 37 heavy (non-hydrogen) atoms. The van der Waals surface area contributed by atoms with E-state index in [1.54, 1.807) is 0 Å². The Kier molecular flexibility index (Phi) is 17.2. The number of ether oxygens (including phenoxy) is 1. The van der Waals surface area contributed by atoms with Gasteiger partial charge in [-0.15, -0.1) is 10.1 Å². The van der Waals surface area contributed by atoms with Gasteiger partial charge >= 0.3 is 5.97 Å². The van der Waals surface area contributed by atoms with Crippen LogP contribution in [0.2, 0.25) is 0 Å². The van der Waals surface area contributed by atoms with E-state index in [0.29, 0.717) is 44.9 Å². The third-order valence-corrected chi connectivity index (χ3v) is 6.66. The smallest absolute Gasteiger partial charge is 0.325 e. The Morgan fingerprint density at radius 3 is 2.43 bits per heavy atom. The Bertz CT molecular complexity index is 729. The Hall–Kier alpha value is -2.53. The third kappa shape index (κ3) is 15.3. The summed E-state index contributed by atoms with van der Waals surface area (Å²) in [6.45, 7) is 1.20. The standard InChI is InChI=1S/C26H44N2O9/c1-2-3-4-5-8-11-20(29)14-15-22-21(23(30)18-24(22)31)12-9-6-7-10-13-25(32)27-19-26(33)36-16-17-37-28(34)35/h6,9,21-24,30-31H,2-5,7-8,10-19H2,1H3,(H,27,32)/t21-,22-,23+,24-/m1/s1. The second-order valence-corrected chi connectivity index (χ2v) is 9.59. The van der Waals surface area contributed by atoms with Gasteiger partial charge in [0.05, 0.1) is 12.2 Å². The van der Waals surface area contributed by atoms with E-state index in [0.717, 1.165) is 19.3 Å². The number of nitrogens with one attached hydrogen (secondary N) is 1. The van der Waals surface area contributed by atoms with Crippen LogP contribution in [0.4, 0.5) is 0 Å². The maximum absolute atomic E-state index is 12.2. The molecule has 11 nitrogen and oxygen atoms in total. The highest BCUT2D eigenvalue weighted by atomic mass is 17.0. The van der Waals surface area contributed by atoms with Crippen LogP contribution in [-0.2, 0) is 24.0 Å². The molecule has 0 unspecified atom stereocenters. The molecule has 1 aliphatic carbocycles. The summed E-state index contributed by atoms with van der Waals surface area (Å²) in [6, 6.07) is 0. The normalized spacial score (nSPS) is 21.2. The summed E-state index contributed by atoms with van der Waals surface area (Å²) in [4.78, 5) is 49.5. The summed E-state index contributed by atoms with van der Waals surface area (Å²) in [5.74, 6) is -0.971. The first-order valence-corrected chi connectivity index (χ1v) is 13.5. The minimum atomic E-state index is -0.984. The van der Waals surface area contributed by atoms with Gasteiger partial charge in [0.1, 0.15) is 25.5 Å². The van der Waals surface area contributed by atoms with Gasteiger partial charge in [-0.3, -0.25) is 14.4 Å². The number of nitrogens with zero attached hydrogens (tertiary/aromatic N) is 1. The lowest BCUT2D eigenvalue weighted by molar-refractivity contribution is -0.757. The molecule has 0 aromatic heterocycles. The van der Waals surface area contributed by atoms with Gasteiger partial charge < -0.3 is 25.1 Å². The molecule has 0 radical (unpaired) electrons. The van der Waals surface area contributed by atoms with Crippen molar-refractivity contribution in [2.24, 2.45) is 11.8 Å². The lowest BCUT2D eigenvalue weighted by Crippen LogP contribution is -2.31. The molecule has 3 N–H and O–H groups in total. The minimum absolute atomic E-state index is 0.0892. The first kappa shape index (κ1) is 32.5. The van der Waals surface area contributed by atoms with Crippen molar-refractivity contribution in [2.45, 2.75) is 103 Å². The van der Waals surface area contributed by atoms with Crippen LogP contribution in [0.3, 0.4) is 0 Å². The van der Waals surface area contributed by atoms with Crippen molar-refractivity contribution in [3.05, 3.63) is 22.3 Å². The molecule has 0 aliphatic heterocycles. The fourth-order valence-electron chi connectivity index (χ4n) is 4.61. The molecule has 1 amide bonds. The summed E-state index contributed by atoms with van der Waals surface area (Å²) in [7, 11) is 0. The fourth-order valence-corrected chi connectivity index (χ4v) is 4.61. The molecular weight excluding hydrogens is 484 g/mol. The zero-order chi connectivity index (χ0) is 27.5. The van der Waals surface area contributed by atoms with Crippen molar-refractivity contribution >= 4 is 17.7 Å². The van der Waals surface area contributed by atoms with Crippen LogP contribution in [0.5, 0.6) is 0 Å². The van der Waals surface area contributed by atoms with Crippen LogP contribution >= 0.6 is 0 Å². The van der Waals surface area contributed by atoms with E-state index in [4.69, 9.17) is 0 Å². The van der Waals surface area contributed by atoms with E-state index in [1.807, 2.05) is 12.2 Å². The molecule has 4 atom stereocenters. The Balaban J connectivity index is 2.22. The number of esters is 1. The zero-order valence-corrected chi connectivity index (χ0v) is 22.0. The number of ketones is 1. The van der Waals surface area contributed by atoms with Crippen molar-refractivity contribution in [3.8, 4) is 0 Å². The molecule has 1 fully saturated rings. The van der Waals surface area contributed by atoms with Gasteiger partial charge in [0.25, 0.3) is 5.09 Å². The number of Topliss-reactive ketones (excluding diaryl/α,β-unsaturated/α-hetero) is 1. The minimum Gasteiger partial charge on any atom is -0.462 e.